The summed E-state index contributed by atoms with van der Waals surface area (Å²) in [6.45, 7) is 5.22. The Morgan fingerprint density at radius 1 is 1.17 bits per heavy atom. The van der Waals surface area contributed by atoms with Gasteiger partial charge in [-0.1, -0.05) is 29.8 Å². The van der Waals surface area contributed by atoms with Gasteiger partial charge in [0.1, 0.15) is 0 Å². The van der Waals surface area contributed by atoms with Gasteiger partial charge in [-0.15, -0.1) is 0 Å². The van der Waals surface area contributed by atoms with Gasteiger partial charge >= 0.3 is 0 Å². The molecule has 0 spiro atoms. The number of pyridine rings is 2. The monoisotopic (exact) mass is 658 g/mol. The molecular weight excluding hydrogens is 620 g/mol. The Morgan fingerprint density at radius 3 is 2.79 bits per heavy atom. The van der Waals surface area contributed by atoms with E-state index >= 15 is 0 Å². The van der Waals surface area contributed by atoms with Crippen molar-refractivity contribution in [2.45, 2.75) is 45.3 Å². The fraction of sp³-hybridized carbons (Fsp3) is 0.382. The Kier molecular flexibility index (Phi) is 9.83. The number of benzene rings is 1. The molecule has 2 aliphatic rings. The molecule has 1 fully saturated rings. The van der Waals surface area contributed by atoms with E-state index in [4.69, 9.17) is 21.3 Å². The van der Waals surface area contributed by atoms with Crippen molar-refractivity contribution >= 4 is 29.1 Å². The maximum atomic E-state index is 13.5. The Bertz CT molecular complexity index is 1810. The highest BCUT2D eigenvalue weighted by Gasteiger charge is 2.26. The van der Waals surface area contributed by atoms with Gasteiger partial charge in [0.15, 0.2) is 5.82 Å². The van der Waals surface area contributed by atoms with Gasteiger partial charge in [0.25, 0.3) is 5.91 Å². The SMILES string of the molecule is COc1nc(-c2ccnc(-c3cccc(NC(=O)c4nc5c(n4C)CCN(CCO)C5)c3C)c2Cl)ccc1CNCC1CCC(=O)N1. The van der Waals surface area contributed by atoms with Crippen molar-refractivity contribution in [3.8, 4) is 28.4 Å². The molecule has 4 aromatic rings. The van der Waals surface area contributed by atoms with Gasteiger partial charge < -0.3 is 30.4 Å². The van der Waals surface area contributed by atoms with Crippen LogP contribution in [0.5, 0.6) is 5.88 Å². The highest BCUT2D eigenvalue weighted by atomic mass is 35.5. The second-order valence-corrected chi connectivity index (χ2v) is 12.3. The van der Waals surface area contributed by atoms with Crippen LogP contribution in [0.25, 0.3) is 22.5 Å². The van der Waals surface area contributed by atoms with Gasteiger partial charge in [-0.2, -0.15) is 0 Å². The molecule has 13 heteroatoms. The molecule has 2 amide bonds. The molecule has 246 valence electrons. The van der Waals surface area contributed by atoms with Gasteiger partial charge in [-0.3, -0.25) is 19.5 Å². The number of rotatable bonds is 11. The van der Waals surface area contributed by atoms with Crippen molar-refractivity contribution < 1.29 is 19.4 Å². The zero-order valence-electron chi connectivity index (χ0n) is 26.8. The van der Waals surface area contributed by atoms with E-state index < -0.39 is 0 Å². The number of ether oxygens (including phenoxy) is 1. The number of fused-ring (bicyclic) bond motifs is 1. The van der Waals surface area contributed by atoms with Crippen molar-refractivity contribution in [1.82, 2.24) is 35.1 Å². The number of carbonyl (C=O) groups is 2. The summed E-state index contributed by atoms with van der Waals surface area (Å²) >= 11 is 7.01. The molecule has 6 rings (SSSR count). The summed E-state index contributed by atoms with van der Waals surface area (Å²) in [5.74, 6) is 0.615. The van der Waals surface area contributed by atoms with Crippen LogP contribution in [0, 0.1) is 6.92 Å². The Morgan fingerprint density at radius 2 is 2.02 bits per heavy atom. The lowest BCUT2D eigenvalue weighted by atomic mass is 10.0. The number of imidazole rings is 1. The minimum atomic E-state index is -0.303. The number of halogens is 1. The van der Waals surface area contributed by atoms with Crippen LogP contribution in [0.15, 0.2) is 42.6 Å². The number of β-amino-alcohol motifs (C(OH)–C–C–N with tert-alkyl or cyclic N) is 1. The molecular formula is C34H39ClN8O4. The average molecular weight is 659 g/mol. The van der Waals surface area contributed by atoms with Gasteiger partial charge in [0.05, 0.1) is 35.8 Å². The number of carbonyl (C=O) groups excluding carboxylic acids is 2. The van der Waals surface area contributed by atoms with Gasteiger partial charge in [0.2, 0.25) is 11.8 Å². The molecule has 0 bridgehead atoms. The Balaban J connectivity index is 1.20. The molecule has 4 N–H and O–H groups in total. The number of anilines is 1. The molecule has 0 aliphatic carbocycles. The second-order valence-electron chi connectivity index (χ2n) is 11.9. The van der Waals surface area contributed by atoms with E-state index in [0.717, 1.165) is 47.5 Å². The summed E-state index contributed by atoms with van der Waals surface area (Å²) in [5, 5.41) is 19.1. The van der Waals surface area contributed by atoms with Crippen molar-refractivity contribution in [2.75, 3.05) is 38.7 Å². The minimum Gasteiger partial charge on any atom is -0.481 e. The van der Waals surface area contributed by atoms with Gasteiger partial charge in [-0.05, 0) is 37.1 Å². The summed E-state index contributed by atoms with van der Waals surface area (Å²) in [6, 6.07) is 11.4. The molecule has 2 aliphatic heterocycles. The predicted molar refractivity (Wildman–Crippen MR) is 179 cm³/mol. The number of amides is 2. The van der Waals surface area contributed by atoms with Crippen molar-refractivity contribution in [1.29, 1.82) is 0 Å². The first-order valence-corrected chi connectivity index (χ1v) is 16.1. The van der Waals surface area contributed by atoms with Crippen LogP contribution >= 0.6 is 11.6 Å². The first-order valence-electron chi connectivity index (χ1n) is 15.7. The maximum absolute atomic E-state index is 13.5. The molecule has 47 heavy (non-hydrogen) atoms. The first-order chi connectivity index (χ1) is 22.8. The van der Waals surface area contributed by atoms with Crippen LogP contribution in [-0.4, -0.2) is 80.7 Å². The van der Waals surface area contributed by atoms with E-state index in [1.165, 1.54) is 0 Å². The molecule has 12 nitrogen and oxygen atoms in total. The predicted octanol–water partition coefficient (Wildman–Crippen LogP) is 3.49. The van der Waals surface area contributed by atoms with Crippen molar-refractivity contribution in [3.63, 3.8) is 0 Å². The van der Waals surface area contributed by atoms with Crippen LogP contribution in [0.2, 0.25) is 5.02 Å². The number of aromatic nitrogens is 4. The van der Waals surface area contributed by atoms with E-state index in [1.54, 1.807) is 13.3 Å². The van der Waals surface area contributed by atoms with Crippen LogP contribution in [0.4, 0.5) is 5.69 Å². The molecule has 1 aromatic carbocycles. The van der Waals surface area contributed by atoms with E-state index in [-0.39, 0.29) is 24.5 Å². The quantitative estimate of drug-likeness (QED) is 0.190. The molecule has 1 saturated heterocycles. The number of nitrogens with zero attached hydrogens (tertiary/aromatic N) is 5. The highest BCUT2D eigenvalue weighted by Crippen LogP contribution is 2.38. The van der Waals surface area contributed by atoms with E-state index in [9.17, 15) is 14.7 Å². The normalized spacial score (nSPS) is 16.2. The molecule has 0 saturated carbocycles. The lowest BCUT2D eigenvalue weighted by molar-refractivity contribution is -0.119. The summed E-state index contributed by atoms with van der Waals surface area (Å²) in [6.07, 6.45) is 3.86. The molecule has 5 heterocycles. The smallest absolute Gasteiger partial charge is 0.291 e. The van der Waals surface area contributed by atoms with E-state index in [1.807, 2.05) is 54.9 Å². The summed E-state index contributed by atoms with van der Waals surface area (Å²) in [4.78, 5) is 41.1. The molecule has 0 radical (unpaired) electrons. The zero-order valence-corrected chi connectivity index (χ0v) is 27.5. The largest absolute Gasteiger partial charge is 0.481 e. The molecule has 3 aromatic heterocycles. The summed E-state index contributed by atoms with van der Waals surface area (Å²) in [7, 11) is 3.45. The van der Waals surface area contributed by atoms with Crippen LogP contribution in [0.3, 0.4) is 0 Å². The zero-order chi connectivity index (χ0) is 33.1. The number of hydrogen-bond donors (Lipinski definition) is 4. The number of aliphatic hydroxyl groups is 1. The lowest BCUT2D eigenvalue weighted by Gasteiger charge is -2.25. The fourth-order valence-electron chi connectivity index (χ4n) is 6.29. The number of aliphatic hydroxyl groups excluding tert-OH is 1. The number of nitrogens with one attached hydrogen (secondary N) is 3. The topological polar surface area (TPSA) is 147 Å². The third kappa shape index (κ3) is 6.86. The summed E-state index contributed by atoms with van der Waals surface area (Å²) in [5.41, 5.74) is 6.92. The Hall–Kier alpha value is -4.36. The van der Waals surface area contributed by atoms with Gasteiger partial charge in [-0.25, -0.2) is 9.97 Å². The first kappa shape index (κ1) is 32.6. The minimum absolute atomic E-state index is 0.0890. The maximum Gasteiger partial charge on any atom is 0.291 e. The van der Waals surface area contributed by atoms with Crippen LogP contribution < -0.4 is 20.7 Å². The standard InChI is InChI=1S/C34H39ClN8O4/c1-20-23(5-4-6-25(20)40-33(46)32-39-27-19-43(15-16-44)14-12-28(27)42(32)2)31-30(35)24(11-13-37-31)26-9-7-21(34(41-26)47-3)17-36-18-22-8-10-29(45)38-22/h4-7,9,11,13,22,36,44H,8,10,12,14-19H2,1-3H3,(H,38,45)(H,40,46). The van der Waals surface area contributed by atoms with E-state index in [2.05, 4.69) is 30.8 Å². The third-order valence-corrected chi connectivity index (χ3v) is 9.26. The van der Waals surface area contributed by atoms with Crippen LogP contribution in [0.1, 0.15) is 46.0 Å². The lowest BCUT2D eigenvalue weighted by Crippen LogP contribution is -2.35. The van der Waals surface area contributed by atoms with E-state index in [0.29, 0.717) is 72.0 Å². The molecule has 1 unspecified atom stereocenters. The fourth-order valence-corrected chi connectivity index (χ4v) is 6.61. The second kappa shape index (κ2) is 14.2. The number of hydrogen-bond acceptors (Lipinski definition) is 9. The number of methoxy groups -OCH3 is 1. The van der Waals surface area contributed by atoms with Crippen molar-refractivity contribution in [2.24, 2.45) is 7.05 Å². The Labute approximate surface area is 278 Å². The van der Waals surface area contributed by atoms with Gasteiger partial charge in [0, 0.05) is 92.9 Å². The third-order valence-electron chi connectivity index (χ3n) is 8.88. The molecule has 1 atom stereocenters. The summed E-state index contributed by atoms with van der Waals surface area (Å²) < 4.78 is 7.48. The van der Waals surface area contributed by atoms with Crippen molar-refractivity contribution in [3.05, 3.63) is 76.0 Å². The average Bonchev–Trinajstić information content (AvgIpc) is 3.64. The highest BCUT2D eigenvalue weighted by molar-refractivity contribution is 6.35. The van der Waals surface area contributed by atoms with Crippen LogP contribution in [-0.2, 0) is 31.4 Å².